The molecule has 0 radical (unpaired) electrons. The Balaban J connectivity index is 1.95. The summed E-state index contributed by atoms with van der Waals surface area (Å²) in [5.74, 6) is 1.83. The predicted molar refractivity (Wildman–Crippen MR) is 83.2 cm³/mol. The molecule has 1 aliphatic heterocycles. The molecule has 0 atom stereocenters. The average molecular weight is 300 g/mol. The van der Waals surface area contributed by atoms with Gasteiger partial charge in [-0.15, -0.1) is 0 Å². The van der Waals surface area contributed by atoms with E-state index < -0.39 is 0 Å². The van der Waals surface area contributed by atoms with Gasteiger partial charge in [-0.3, -0.25) is 0 Å². The van der Waals surface area contributed by atoms with Crippen molar-refractivity contribution in [1.29, 1.82) is 0 Å². The Kier molecular flexibility index (Phi) is 2.79. The first-order valence-corrected chi connectivity index (χ1v) is 7.28. The standard InChI is InChI=1S/C16H14ClN3O/c1-10-12(17)4-2-5-13(10)20-16-11(7-8-18-16)15(19-20)14-6-3-9-21-14/h2-6,9,18H,7-8H2,1H3. The molecule has 3 aromatic rings. The molecule has 0 bridgehead atoms. The first kappa shape index (κ1) is 12.5. The summed E-state index contributed by atoms with van der Waals surface area (Å²) in [7, 11) is 0. The molecule has 3 heterocycles. The fourth-order valence-corrected chi connectivity index (χ4v) is 2.96. The summed E-state index contributed by atoms with van der Waals surface area (Å²) in [6.07, 6.45) is 2.62. The lowest BCUT2D eigenvalue weighted by Gasteiger charge is -2.10. The highest BCUT2D eigenvalue weighted by Crippen LogP contribution is 2.36. The van der Waals surface area contributed by atoms with Gasteiger partial charge in [-0.05, 0) is 43.2 Å². The van der Waals surface area contributed by atoms with Crippen LogP contribution in [0.5, 0.6) is 0 Å². The molecule has 0 amide bonds. The molecule has 1 aliphatic rings. The Labute approximate surface area is 127 Å². The van der Waals surface area contributed by atoms with Crippen molar-refractivity contribution in [2.45, 2.75) is 13.3 Å². The maximum absolute atomic E-state index is 6.24. The summed E-state index contributed by atoms with van der Waals surface area (Å²) in [4.78, 5) is 0. The molecule has 0 unspecified atom stereocenters. The van der Waals surface area contributed by atoms with E-state index in [1.165, 1.54) is 5.56 Å². The molecule has 0 saturated heterocycles. The smallest absolute Gasteiger partial charge is 0.154 e. The zero-order valence-corrected chi connectivity index (χ0v) is 12.3. The van der Waals surface area contributed by atoms with Gasteiger partial charge in [0.05, 0.1) is 12.0 Å². The second-order valence-corrected chi connectivity index (χ2v) is 5.53. The van der Waals surface area contributed by atoms with Gasteiger partial charge in [0.25, 0.3) is 0 Å². The normalized spacial score (nSPS) is 13.2. The van der Waals surface area contributed by atoms with Crippen molar-refractivity contribution < 1.29 is 4.42 Å². The summed E-state index contributed by atoms with van der Waals surface area (Å²) in [5, 5.41) is 8.90. The van der Waals surface area contributed by atoms with Crippen LogP contribution in [-0.4, -0.2) is 16.3 Å². The lowest BCUT2D eigenvalue weighted by molar-refractivity contribution is 0.578. The van der Waals surface area contributed by atoms with Crippen LogP contribution in [0.25, 0.3) is 17.1 Å². The van der Waals surface area contributed by atoms with Crippen LogP contribution in [0.2, 0.25) is 5.02 Å². The van der Waals surface area contributed by atoms with Gasteiger partial charge in [-0.2, -0.15) is 5.10 Å². The third-order valence-electron chi connectivity index (χ3n) is 3.87. The molecule has 2 aromatic heterocycles. The Morgan fingerprint density at radius 3 is 3.00 bits per heavy atom. The van der Waals surface area contributed by atoms with Gasteiger partial charge in [0.15, 0.2) is 5.76 Å². The number of fused-ring (bicyclic) bond motifs is 1. The third kappa shape index (κ3) is 1.87. The van der Waals surface area contributed by atoms with Gasteiger partial charge < -0.3 is 9.73 Å². The number of nitrogens with one attached hydrogen (secondary N) is 1. The van der Waals surface area contributed by atoms with Crippen molar-refractivity contribution in [3.05, 3.63) is 52.7 Å². The number of nitrogens with zero attached hydrogens (tertiary/aromatic N) is 2. The number of furan rings is 1. The van der Waals surface area contributed by atoms with Gasteiger partial charge in [0, 0.05) is 17.1 Å². The lowest BCUT2D eigenvalue weighted by atomic mass is 10.1. The van der Waals surface area contributed by atoms with E-state index in [4.69, 9.17) is 21.1 Å². The maximum Gasteiger partial charge on any atom is 0.154 e. The quantitative estimate of drug-likeness (QED) is 0.776. The fourth-order valence-electron chi connectivity index (χ4n) is 2.79. The molecule has 0 fully saturated rings. The van der Waals surface area contributed by atoms with Crippen LogP contribution in [0.15, 0.2) is 41.0 Å². The molecule has 0 spiro atoms. The van der Waals surface area contributed by atoms with Crippen LogP contribution in [0.3, 0.4) is 0 Å². The topological polar surface area (TPSA) is 43.0 Å². The van der Waals surface area contributed by atoms with Gasteiger partial charge in [-0.1, -0.05) is 17.7 Å². The monoisotopic (exact) mass is 299 g/mol. The second kappa shape index (κ2) is 4.67. The first-order valence-electron chi connectivity index (χ1n) is 6.91. The minimum absolute atomic E-state index is 0.745. The van der Waals surface area contributed by atoms with E-state index in [9.17, 15) is 0 Å². The number of hydrogen-bond acceptors (Lipinski definition) is 3. The second-order valence-electron chi connectivity index (χ2n) is 5.13. The van der Waals surface area contributed by atoms with E-state index >= 15 is 0 Å². The van der Waals surface area contributed by atoms with Crippen LogP contribution in [0, 0.1) is 6.92 Å². The predicted octanol–water partition coefficient (Wildman–Crippen LogP) is 4.06. The summed E-state index contributed by atoms with van der Waals surface area (Å²) in [5.41, 5.74) is 4.11. The van der Waals surface area contributed by atoms with Crippen LogP contribution >= 0.6 is 11.6 Å². The van der Waals surface area contributed by atoms with E-state index in [0.29, 0.717) is 0 Å². The molecule has 21 heavy (non-hydrogen) atoms. The highest BCUT2D eigenvalue weighted by molar-refractivity contribution is 6.31. The zero-order valence-electron chi connectivity index (χ0n) is 11.6. The molecule has 1 aromatic carbocycles. The van der Waals surface area contributed by atoms with Crippen molar-refractivity contribution >= 4 is 17.4 Å². The van der Waals surface area contributed by atoms with Crippen molar-refractivity contribution in [3.8, 4) is 17.1 Å². The highest BCUT2D eigenvalue weighted by atomic mass is 35.5. The van der Waals surface area contributed by atoms with Crippen LogP contribution in [0.4, 0.5) is 5.82 Å². The zero-order chi connectivity index (χ0) is 14.4. The fraction of sp³-hybridized carbons (Fsp3) is 0.188. The van der Waals surface area contributed by atoms with Crippen LogP contribution in [-0.2, 0) is 6.42 Å². The SMILES string of the molecule is Cc1c(Cl)cccc1-n1nc(-c2ccco2)c2c1NCC2. The minimum Gasteiger partial charge on any atom is -0.463 e. The van der Waals surface area contributed by atoms with Crippen molar-refractivity contribution in [1.82, 2.24) is 9.78 Å². The number of halogens is 1. The van der Waals surface area contributed by atoms with Crippen molar-refractivity contribution in [3.63, 3.8) is 0 Å². The summed E-state index contributed by atoms with van der Waals surface area (Å²) in [6.45, 7) is 2.92. The number of benzene rings is 1. The molecular formula is C16H14ClN3O. The van der Waals surface area contributed by atoms with E-state index in [2.05, 4.69) is 5.32 Å². The average Bonchev–Trinajstić information content (AvgIpc) is 3.17. The third-order valence-corrected chi connectivity index (χ3v) is 4.28. The van der Waals surface area contributed by atoms with E-state index in [1.54, 1.807) is 6.26 Å². The van der Waals surface area contributed by atoms with Crippen LogP contribution < -0.4 is 5.32 Å². The van der Waals surface area contributed by atoms with E-state index in [1.807, 2.05) is 41.9 Å². The molecule has 1 N–H and O–H groups in total. The lowest BCUT2D eigenvalue weighted by Crippen LogP contribution is -2.05. The van der Waals surface area contributed by atoms with Gasteiger partial charge >= 0.3 is 0 Å². The summed E-state index contributed by atoms with van der Waals surface area (Å²) < 4.78 is 7.45. The number of hydrogen-bond donors (Lipinski definition) is 1. The van der Waals surface area contributed by atoms with Crippen molar-refractivity contribution in [2.24, 2.45) is 0 Å². The van der Waals surface area contributed by atoms with Gasteiger partial charge in [-0.25, -0.2) is 4.68 Å². The summed E-state index contributed by atoms with van der Waals surface area (Å²) in [6, 6.07) is 9.69. The largest absolute Gasteiger partial charge is 0.463 e. The van der Waals surface area contributed by atoms with E-state index in [0.717, 1.165) is 46.5 Å². The van der Waals surface area contributed by atoms with Crippen LogP contribution in [0.1, 0.15) is 11.1 Å². The molecule has 0 aliphatic carbocycles. The summed E-state index contributed by atoms with van der Waals surface area (Å²) >= 11 is 6.24. The van der Waals surface area contributed by atoms with Crippen molar-refractivity contribution in [2.75, 3.05) is 11.9 Å². The Morgan fingerprint density at radius 2 is 2.19 bits per heavy atom. The Bertz CT molecular complexity index is 805. The van der Waals surface area contributed by atoms with E-state index in [-0.39, 0.29) is 0 Å². The Morgan fingerprint density at radius 1 is 1.29 bits per heavy atom. The number of aromatic nitrogens is 2. The van der Waals surface area contributed by atoms with Gasteiger partial charge in [0.2, 0.25) is 0 Å². The number of rotatable bonds is 2. The Hall–Kier alpha value is -2.20. The molecule has 5 heteroatoms. The molecule has 106 valence electrons. The maximum atomic E-state index is 6.24. The molecule has 4 rings (SSSR count). The number of anilines is 1. The molecule has 4 nitrogen and oxygen atoms in total. The van der Waals surface area contributed by atoms with Gasteiger partial charge in [0.1, 0.15) is 11.5 Å². The molecular weight excluding hydrogens is 286 g/mol. The minimum atomic E-state index is 0.745. The highest BCUT2D eigenvalue weighted by Gasteiger charge is 2.25. The molecule has 0 saturated carbocycles. The first-order chi connectivity index (χ1) is 10.3.